The molecule has 0 saturated heterocycles. The average molecular weight is 264 g/mol. The summed E-state index contributed by atoms with van der Waals surface area (Å²) in [6.07, 6.45) is 4.14. The number of amides is 1. The summed E-state index contributed by atoms with van der Waals surface area (Å²) in [5, 5.41) is 6.14. The number of hydrogen-bond donors (Lipinski definition) is 2. The molecular formula is C15H24N2O2. The van der Waals surface area contributed by atoms with Crippen LogP contribution in [0.2, 0.25) is 0 Å². The highest BCUT2D eigenvalue weighted by molar-refractivity contribution is 5.90. The summed E-state index contributed by atoms with van der Waals surface area (Å²) >= 11 is 0. The minimum atomic E-state index is 0.0353. The molecule has 106 valence electrons. The SMILES string of the molecule is CCCCCNCCC(=O)Nc1ccc(OC)cc1. The van der Waals surface area contributed by atoms with Crippen molar-refractivity contribution in [1.29, 1.82) is 0 Å². The highest BCUT2D eigenvalue weighted by atomic mass is 16.5. The topological polar surface area (TPSA) is 50.4 Å². The van der Waals surface area contributed by atoms with Gasteiger partial charge in [0, 0.05) is 18.7 Å². The van der Waals surface area contributed by atoms with Crippen molar-refractivity contribution in [3.63, 3.8) is 0 Å². The molecule has 0 radical (unpaired) electrons. The first kappa shape index (κ1) is 15.5. The number of hydrogen-bond acceptors (Lipinski definition) is 3. The third-order valence-electron chi connectivity index (χ3n) is 2.86. The first-order chi connectivity index (χ1) is 9.26. The van der Waals surface area contributed by atoms with Crippen LogP contribution in [0.3, 0.4) is 0 Å². The third kappa shape index (κ3) is 6.82. The van der Waals surface area contributed by atoms with Gasteiger partial charge in [0.2, 0.25) is 5.91 Å². The zero-order chi connectivity index (χ0) is 13.9. The Morgan fingerprint density at radius 1 is 1.16 bits per heavy atom. The van der Waals surface area contributed by atoms with E-state index in [1.165, 1.54) is 19.3 Å². The molecule has 4 nitrogen and oxygen atoms in total. The molecule has 1 rings (SSSR count). The van der Waals surface area contributed by atoms with E-state index in [-0.39, 0.29) is 5.91 Å². The van der Waals surface area contributed by atoms with Crippen LogP contribution in [0.25, 0.3) is 0 Å². The molecule has 0 aromatic heterocycles. The lowest BCUT2D eigenvalue weighted by molar-refractivity contribution is -0.116. The van der Waals surface area contributed by atoms with E-state index in [0.29, 0.717) is 6.42 Å². The Balaban J connectivity index is 2.16. The van der Waals surface area contributed by atoms with E-state index in [4.69, 9.17) is 4.74 Å². The van der Waals surface area contributed by atoms with Crippen LogP contribution in [-0.2, 0) is 4.79 Å². The highest BCUT2D eigenvalue weighted by Crippen LogP contribution is 2.14. The summed E-state index contributed by atoms with van der Waals surface area (Å²) in [6, 6.07) is 7.34. The fraction of sp³-hybridized carbons (Fsp3) is 0.533. The second kappa shape index (κ2) is 9.39. The Labute approximate surface area is 115 Å². The largest absolute Gasteiger partial charge is 0.497 e. The number of nitrogens with one attached hydrogen (secondary N) is 2. The zero-order valence-corrected chi connectivity index (χ0v) is 11.9. The smallest absolute Gasteiger partial charge is 0.225 e. The van der Waals surface area contributed by atoms with Crippen LogP contribution in [0, 0.1) is 0 Å². The number of carbonyl (C=O) groups is 1. The molecule has 4 heteroatoms. The molecule has 0 fully saturated rings. The van der Waals surface area contributed by atoms with Gasteiger partial charge in [-0.3, -0.25) is 4.79 Å². The van der Waals surface area contributed by atoms with Gasteiger partial charge in [-0.05, 0) is 37.2 Å². The number of carbonyl (C=O) groups excluding carboxylic acids is 1. The second-order valence-electron chi connectivity index (χ2n) is 4.48. The molecule has 1 amide bonds. The molecule has 0 unspecified atom stereocenters. The Bertz CT molecular complexity index is 363. The molecule has 0 bridgehead atoms. The van der Waals surface area contributed by atoms with E-state index in [0.717, 1.165) is 24.5 Å². The van der Waals surface area contributed by atoms with Crippen LogP contribution in [-0.4, -0.2) is 26.1 Å². The molecular weight excluding hydrogens is 240 g/mol. The van der Waals surface area contributed by atoms with Crippen molar-refractivity contribution in [2.24, 2.45) is 0 Å². The van der Waals surface area contributed by atoms with Crippen LogP contribution in [0.1, 0.15) is 32.6 Å². The number of rotatable bonds is 9. The molecule has 19 heavy (non-hydrogen) atoms. The monoisotopic (exact) mass is 264 g/mol. The maximum atomic E-state index is 11.7. The molecule has 1 aromatic carbocycles. The van der Waals surface area contributed by atoms with Crippen molar-refractivity contribution in [3.8, 4) is 5.75 Å². The quantitative estimate of drug-likeness (QED) is 0.674. The Morgan fingerprint density at radius 3 is 2.53 bits per heavy atom. The van der Waals surface area contributed by atoms with Crippen LogP contribution in [0.4, 0.5) is 5.69 Å². The number of ether oxygens (including phenoxy) is 1. The molecule has 1 aromatic rings. The Kier molecular flexibility index (Phi) is 7.66. The molecule has 0 saturated carbocycles. The average Bonchev–Trinajstić information content (AvgIpc) is 2.43. The third-order valence-corrected chi connectivity index (χ3v) is 2.86. The van der Waals surface area contributed by atoms with Crippen LogP contribution in [0.5, 0.6) is 5.75 Å². The summed E-state index contributed by atoms with van der Waals surface area (Å²) in [4.78, 5) is 11.7. The van der Waals surface area contributed by atoms with E-state index >= 15 is 0 Å². The van der Waals surface area contributed by atoms with Crippen molar-refractivity contribution in [2.75, 3.05) is 25.5 Å². The van der Waals surface area contributed by atoms with Crippen LogP contribution < -0.4 is 15.4 Å². The van der Waals surface area contributed by atoms with Gasteiger partial charge in [-0.2, -0.15) is 0 Å². The van der Waals surface area contributed by atoms with Crippen molar-refractivity contribution in [2.45, 2.75) is 32.6 Å². The number of unbranched alkanes of at least 4 members (excludes halogenated alkanes) is 2. The predicted octanol–water partition coefficient (Wildman–Crippen LogP) is 2.80. The highest BCUT2D eigenvalue weighted by Gasteiger charge is 2.02. The fourth-order valence-electron chi connectivity index (χ4n) is 1.72. The Hall–Kier alpha value is -1.55. The summed E-state index contributed by atoms with van der Waals surface area (Å²) in [7, 11) is 1.62. The Morgan fingerprint density at radius 2 is 1.89 bits per heavy atom. The molecule has 2 N–H and O–H groups in total. The standard InChI is InChI=1S/C15H24N2O2/c1-3-4-5-11-16-12-10-15(18)17-13-6-8-14(19-2)9-7-13/h6-9,16H,3-5,10-12H2,1-2H3,(H,17,18). The zero-order valence-electron chi connectivity index (χ0n) is 11.9. The van der Waals surface area contributed by atoms with E-state index in [1.54, 1.807) is 7.11 Å². The first-order valence-corrected chi connectivity index (χ1v) is 6.91. The van der Waals surface area contributed by atoms with Gasteiger partial charge >= 0.3 is 0 Å². The van der Waals surface area contributed by atoms with E-state index < -0.39 is 0 Å². The van der Waals surface area contributed by atoms with Crippen molar-refractivity contribution < 1.29 is 9.53 Å². The summed E-state index contributed by atoms with van der Waals surface area (Å²) in [5.74, 6) is 0.823. The maximum Gasteiger partial charge on any atom is 0.225 e. The lowest BCUT2D eigenvalue weighted by Gasteiger charge is -2.07. The molecule has 0 aliphatic rings. The van der Waals surface area contributed by atoms with Gasteiger partial charge in [0.1, 0.15) is 5.75 Å². The lowest BCUT2D eigenvalue weighted by Crippen LogP contribution is -2.22. The van der Waals surface area contributed by atoms with Gasteiger partial charge < -0.3 is 15.4 Å². The fourth-order valence-corrected chi connectivity index (χ4v) is 1.72. The van der Waals surface area contributed by atoms with Crippen molar-refractivity contribution in [3.05, 3.63) is 24.3 Å². The molecule has 0 heterocycles. The van der Waals surface area contributed by atoms with Gasteiger partial charge in [-0.25, -0.2) is 0 Å². The number of methoxy groups -OCH3 is 1. The summed E-state index contributed by atoms with van der Waals surface area (Å²) < 4.78 is 5.06. The normalized spacial score (nSPS) is 10.2. The van der Waals surface area contributed by atoms with Gasteiger partial charge in [0.25, 0.3) is 0 Å². The molecule has 0 atom stereocenters. The van der Waals surface area contributed by atoms with Crippen LogP contribution >= 0.6 is 0 Å². The predicted molar refractivity (Wildman–Crippen MR) is 78.6 cm³/mol. The van der Waals surface area contributed by atoms with Crippen LogP contribution in [0.15, 0.2) is 24.3 Å². The molecule has 0 aliphatic heterocycles. The van der Waals surface area contributed by atoms with Gasteiger partial charge in [-0.1, -0.05) is 19.8 Å². The summed E-state index contributed by atoms with van der Waals surface area (Å²) in [6.45, 7) is 3.90. The summed E-state index contributed by atoms with van der Waals surface area (Å²) in [5.41, 5.74) is 0.803. The minimum Gasteiger partial charge on any atom is -0.497 e. The number of benzene rings is 1. The van der Waals surface area contributed by atoms with E-state index in [9.17, 15) is 4.79 Å². The maximum absolute atomic E-state index is 11.7. The number of anilines is 1. The van der Waals surface area contributed by atoms with Gasteiger partial charge in [-0.15, -0.1) is 0 Å². The lowest BCUT2D eigenvalue weighted by atomic mass is 10.2. The van der Waals surface area contributed by atoms with Crippen molar-refractivity contribution in [1.82, 2.24) is 5.32 Å². The van der Waals surface area contributed by atoms with E-state index in [2.05, 4.69) is 17.6 Å². The molecule has 0 spiro atoms. The second-order valence-corrected chi connectivity index (χ2v) is 4.48. The van der Waals surface area contributed by atoms with Crippen molar-refractivity contribution >= 4 is 11.6 Å². The first-order valence-electron chi connectivity index (χ1n) is 6.91. The minimum absolute atomic E-state index is 0.0353. The van der Waals surface area contributed by atoms with E-state index in [1.807, 2.05) is 24.3 Å². The van der Waals surface area contributed by atoms with Gasteiger partial charge in [0.05, 0.1) is 7.11 Å². The van der Waals surface area contributed by atoms with Gasteiger partial charge in [0.15, 0.2) is 0 Å². The molecule has 0 aliphatic carbocycles.